The van der Waals surface area contributed by atoms with Gasteiger partial charge in [-0.2, -0.15) is 0 Å². The maximum atomic E-state index is 10.7. The van der Waals surface area contributed by atoms with Crippen LogP contribution in [0, 0.1) is 0 Å². The summed E-state index contributed by atoms with van der Waals surface area (Å²) in [7, 11) is 1.68. The molecule has 1 atom stereocenters. The predicted molar refractivity (Wildman–Crippen MR) is 64.6 cm³/mol. The van der Waals surface area contributed by atoms with Gasteiger partial charge in [-0.3, -0.25) is 0 Å². The lowest BCUT2D eigenvalue weighted by Gasteiger charge is -2.15. The molecule has 0 heterocycles. The molecule has 0 amide bonds. The van der Waals surface area contributed by atoms with Gasteiger partial charge in [0, 0.05) is 25.3 Å². The molecule has 0 fully saturated rings. The van der Waals surface area contributed by atoms with Crippen molar-refractivity contribution in [2.75, 3.05) is 20.3 Å². The highest BCUT2D eigenvalue weighted by molar-refractivity contribution is 5.86. The van der Waals surface area contributed by atoms with Crippen molar-refractivity contribution in [1.29, 1.82) is 0 Å². The topological polar surface area (TPSA) is 58.6 Å². The number of rotatable bonds is 9. The van der Waals surface area contributed by atoms with E-state index in [4.69, 9.17) is 9.84 Å². The molecule has 0 saturated heterocycles. The number of ether oxygens (including phenoxy) is 1. The number of carboxylic acids is 1. The largest absolute Gasteiger partial charge is 0.478 e. The zero-order valence-corrected chi connectivity index (χ0v) is 10.5. The van der Waals surface area contributed by atoms with Crippen LogP contribution < -0.4 is 5.32 Å². The van der Waals surface area contributed by atoms with E-state index < -0.39 is 5.97 Å². The fourth-order valence-electron chi connectivity index (χ4n) is 1.53. The Morgan fingerprint density at radius 1 is 1.50 bits per heavy atom. The number of hydrogen-bond acceptors (Lipinski definition) is 3. The summed E-state index contributed by atoms with van der Waals surface area (Å²) < 4.78 is 5.09. The number of methoxy groups -OCH3 is 1. The van der Waals surface area contributed by atoms with Crippen molar-refractivity contribution in [3.05, 3.63) is 11.6 Å². The van der Waals surface area contributed by atoms with Crippen LogP contribution in [0.4, 0.5) is 0 Å². The molecule has 4 heteroatoms. The lowest BCUT2D eigenvalue weighted by molar-refractivity contribution is -0.132. The lowest BCUT2D eigenvalue weighted by atomic mass is 10.1. The summed E-state index contributed by atoms with van der Waals surface area (Å²) in [4.78, 5) is 10.7. The van der Waals surface area contributed by atoms with Gasteiger partial charge in [-0.15, -0.1) is 0 Å². The Bertz CT molecular complexity index is 220. The fraction of sp³-hybridized carbons (Fsp3) is 0.750. The van der Waals surface area contributed by atoms with Crippen molar-refractivity contribution >= 4 is 5.97 Å². The summed E-state index contributed by atoms with van der Waals surface area (Å²) in [5.74, 6) is -0.830. The zero-order valence-electron chi connectivity index (χ0n) is 10.5. The molecule has 0 spiro atoms. The maximum absolute atomic E-state index is 10.7. The summed E-state index contributed by atoms with van der Waals surface area (Å²) in [5.41, 5.74) is 0.458. The molecular weight excluding hydrogens is 206 g/mol. The number of hydrogen-bond donors (Lipinski definition) is 2. The molecule has 0 aromatic rings. The molecule has 4 nitrogen and oxygen atoms in total. The average molecular weight is 229 g/mol. The van der Waals surface area contributed by atoms with Crippen LogP contribution in [0.25, 0.3) is 0 Å². The minimum atomic E-state index is -0.830. The van der Waals surface area contributed by atoms with Crippen LogP contribution in [-0.4, -0.2) is 37.4 Å². The molecule has 2 N–H and O–H groups in total. The van der Waals surface area contributed by atoms with Crippen LogP contribution >= 0.6 is 0 Å². The van der Waals surface area contributed by atoms with Gasteiger partial charge >= 0.3 is 5.97 Å². The van der Waals surface area contributed by atoms with Crippen LogP contribution in [0.15, 0.2) is 11.6 Å². The standard InChI is InChI=1S/C12H23NO3/c1-4-6-11(9-16-3)13-8-7-10(5-2)12(14)15/h7,11,13H,4-6,8-9H2,1-3H3,(H,14,15)/b10-7-. The molecule has 0 rings (SSSR count). The Kier molecular flexibility index (Phi) is 8.85. The first-order valence-electron chi connectivity index (χ1n) is 5.80. The Hall–Kier alpha value is -0.870. The second kappa shape index (κ2) is 9.36. The van der Waals surface area contributed by atoms with Gasteiger partial charge in [-0.05, 0) is 12.8 Å². The third-order valence-electron chi connectivity index (χ3n) is 2.42. The molecule has 0 saturated carbocycles. The first-order valence-corrected chi connectivity index (χ1v) is 5.80. The Morgan fingerprint density at radius 2 is 2.19 bits per heavy atom. The highest BCUT2D eigenvalue weighted by Gasteiger charge is 2.06. The smallest absolute Gasteiger partial charge is 0.331 e. The summed E-state index contributed by atoms with van der Waals surface area (Å²) in [6.07, 6.45) is 4.42. The SMILES string of the molecule is CCCC(COC)NC/C=C(/CC)C(=O)O. The van der Waals surface area contributed by atoms with Crippen molar-refractivity contribution in [3.8, 4) is 0 Å². The average Bonchev–Trinajstić information content (AvgIpc) is 2.24. The second-order valence-corrected chi connectivity index (χ2v) is 3.74. The molecule has 0 bridgehead atoms. The number of nitrogens with one attached hydrogen (secondary N) is 1. The van der Waals surface area contributed by atoms with Gasteiger partial charge in [-0.25, -0.2) is 4.79 Å². The van der Waals surface area contributed by atoms with Crippen molar-refractivity contribution < 1.29 is 14.6 Å². The molecule has 1 unspecified atom stereocenters. The minimum absolute atomic E-state index is 0.304. The van der Waals surface area contributed by atoms with Crippen molar-refractivity contribution in [2.45, 2.75) is 39.2 Å². The van der Waals surface area contributed by atoms with Gasteiger partial charge in [-0.1, -0.05) is 26.3 Å². The van der Waals surface area contributed by atoms with E-state index in [1.54, 1.807) is 13.2 Å². The molecular formula is C12H23NO3. The Labute approximate surface area is 97.7 Å². The molecule has 0 aliphatic carbocycles. The zero-order chi connectivity index (χ0) is 12.4. The fourth-order valence-corrected chi connectivity index (χ4v) is 1.53. The number of aliphatic carboxylic acids is 1. The summed E-state index contributed by atoms with van der Waals surface area (Å²) in [6.45, 7) is 5.22. The van der Waals surface area contributed by atoms with Gasteiger partial charge in [0.1, 0.15) is 0 Å². The first kappa shape index (κ1) is 15.1. The monoisotopic (exact) mass is 229 g/mol. The first-order chi connectivity index (χ1) is 7.65. The normalized spacial score (nSPS) is 13.8. The molecule has 0 radical (unpaired) electrons. The van der Waals surface area contributed by atoms with Crippen molar-refractivity contribution in [1.82, 2.24) is 5.32 Å². The molecule has 0 aromatic heterocycles. The summed E-state index contributed by atoms with van der Waals surface area (Å²) >= 11 is 0. The Morgan fingerprint density at radius 3 is 2.62 bits per heavy atom. The van der Waals surface area contributed by atoms with Crippen LogP contribution in [0.1, 0.15) is 33.1 Å². The van der Waals surface area contributed by atoms with Crippen LogP contribution in [-0.2, 0) is 9.53 Å². The van der Waals surface area contributed by atoms with Gasteiger partial charge in [0.25, 0.3) is 0 Å². The van der Waals surface area contributed by atoms with E-state index in [-0.39, 0.29) is 0 Å². The Balaban J connectivity index is 4.03. The van der Waals surface area contributed by atoms with Crippen LogP contribution in [0.5, 0.6) is 0 Å². The molecule has 94 valence electrons. The van der Waals surface area contributed by atoms with E-state index in [0.29, 0.717) is 31.2 Å². The van der Waals surface area contributed by atoms with Gasteiger partial charge in [0.05, 0.1) is 6.61 Å². The lowest BCUT2D eigenvalue weighted by Crippen LogP contribution is -2.33. The van der Waals surface area contributed by atoms with E-state index in [9.17, 15) is 4.79 Å². The van der Waals surface area contributed by atoms with Gasteiger partial charge in [0.2, 0.25) is 0 Å². The highest BCUT2D eigenvalue weighted by Crippen LogP contribution is 2.01. The van der Waals surface area contributed by atoms with Gasteiger partial charge < -0.3 is 15.2 Å². The highest BCUT2D eigenvalue weighted by atomic mass is 16.5. The van der Waals surface area contributed by atoms with Crippen molar-refractivity contribution in [3.63, 3.8) is 0 Å². The van der Waals surface area contributed by atoms with E-state index in [1.165, 1.54) is 0 Å². The second-order valence-electron chi connectivity index (χ2n) is 3.74. The third kappa shape index (κ3) is 6.58. The van der Waals surface area contributed by atoms with E-state index in [0.717, 1.165) is 12.8 Å². The van der Waals surface area contributed by atoms with E-state index >= 15 is 0 Å². The van der Waals surface area contributed by atoms with Gasteiger partial charge in [0.15, 0.2) is 0 Å². The number of carboxylic acid groups (broad SMARTS) is 1. The maximum Gasteiger partial charge on any atom is 0.331 e. The number of carbonyl (C=O) groups is 1. The third-order valence-corrected chi connectivity index (χ3v) is 2.42. The van der Waals surface area contributed by atoms with Crippen LogP contribution in [0.3, 0.4) is 0 Å². The summed E-state index contributed by atoms with van der Waals surface area (Å²) in [5, 5.41) is 12.1. The quantitative estimate of drug-likeness (QED) is 0.592. The van der Waals surface area contributed by atoms with E-state index in [2.05, 4.69) is 12.2 Å². The molecule has 0 aliphatic rings. The predicted octanol–water partition coefficient (Wildman–Crippen LogP) is 1.81. The molecule has 0 aromatic carbocycles. The molecule has 16 heavy (non-hydrogen) atoms. The summed E-state index contributed by atoms with van der Waals surface area (Å²) in [6, 6.07) is 0.304. The molecule has 0 aliphatic heterocycles. The van der Waals surface area contributed by atoms with Crippen molar-refractivity contribution in [2.24, 2.45) is 0 Å². The van der Waals surface area contributed by atoms with Crippen LogP contribution in [0.2, 0.25) is 0 Å². The minimum Gasteiger partial charge on any atom is -0.478 e. The van der Waals surface area contributed by atoms with E-state index in [1.807, 2.05) is 6.92 Å².